The topological polar surface area (TPSA) is 40.5 Å². The van der Waals surface area contributed by atoms with Crippen molar-refractivity contribution < 1.29 is 4.79 Å². The lowest BCUT2D eigenvalue weighted by atomic mass is 10.2. The van der Waals surface area contributed by atoms with Crippen LogP contribution in [0, 0.1) is 13.8 Å². The molecule has 0 aliphatic carbocycles. The number of carbonyl (C=O) groups excluding carboxylic acids is 1. The van der Waals surface area contributed by atoms with Crippen LogP contribution in [0.1, 0.15) is 27.3 Å². The van der Waals surface area contributed by atoms with E-state index < -0.39 is 0 Å². The average molecular weight is 342 g/mol. The fraction of sp³-hybridized carbons (Fsp3) is 0.450. The summed E-state index contributed by atoms with van der Waals surface area (Å²) in [6.45, 7) is 6.45. The van der Waals surface area contributed by atoms with Crippen LogP contribution in [0.4, 0.5) is 5.69 Å². The quantitative estimate of drug-likeness (QED) is 0.841. The van der Waals surface area contributed by atoms with E-state index in [2.05, 4.69) is 65.0 Å². The van der Waals surface area contributed by atoms with Gasteiger partial charge in [0.25, 0.3) is 5.91 Å². The molecule has 2 rings (SSSR count). The lowest BCUT2D eigenvalue weighted by molar-refractivity contribution is 0.0950. The van der Waals surface area contributed by atoms with Gasteiger partial charge in [-0.25, -0.2) is 0 Å². The van der Waals surface area contributed by atoms with Crippen molar-refractivity contribution in [3.63, 3.8) is 0 Å². The van der Waals surface area contributed by atoms with E-state index in [0.717, 1.165) is 41.3 Å². The molecule has 0 fully saturated rings. The molecule has 0 spiro atoms. The molecule has 2 aromatic rings. The number of aryl methyl sites for hydroxylation is 1. The zero-order chi connectivity index (χ0) is 18.6. The van der Waals surface area contributed by atoms with Crippen molar-refractivity contribution in [2.45, 2.75) is 26.9 Å². The second kappa shape index (κ2) is 8.21. The van der Waals surface area contributed by atoms with E-state index in [-0.39, 0.29) is 5.91 Å². The zero-order valence-corrected chi connectivity index (χ0v) is 16.3. The van der Waals surface area contributed by atoms with Crippen molar-refractivity contribution in [2.75, 3.05) is 39.6 Å². The highest BCUT2D eigenvalue weighted by atomic mass is 16.1. The van der Waals surface area contributed by atoms with Crippen molar-refractivity contribution in [2.24, 2.45) is 0 Å². The van der Waals surface area contributed by atoms with Crippen LogP contribution < -0.4 is 10.2 Å². The van der Waals surface area contributed by atoms with Crippen LogP contribution in [0.3, 0.4) is 0 Å². The molecular formula is C20H30N4O. The number of carbonyl (C=O) groups is 1. The summed E-state index contributed by atoms with van der Waals surface area (Å²) in [6, 6.07) is 10.2. The molecule has 0 radical (unpaired) electrons. The summed E-state index contributed by atoms with van der Waals surface area (Å²) in [5.41, 5.74) is 5.17. The number of likely N-dealkylation sites (N-methyl/N-ethyl adjacent to an activating group) is 1. The van der Waals surface area contributed by atoms with Gasteiger partial charge in [0.1, 0.15) is 0 Å². The summed E-state index contributed by atoms with van der Waals surface area (Å²) in [4.78, 5) is 16.8. The van der Waals surface area contributed by atoms with Crippen LogP contribution in [0.15, 0.2) is 30.3 Å². The lowest BCUT2D eigenvalue weighted by Gasteiger charge is -2.14. The minimum absolute atomic E-state index is 0.0131. The third kappa shape index (κ3) is 4.86. The van der Waals surface area contributed by atoms with E-state index in [1.807, 2.05) is 27.1 Å². The van der Waals surface area contributed by atoms with Crippen LogP contribution in [0.25, 0.3) is 0 Å². The first kappa shape index (κ1) is 19.1. The third-order valence-corrected chi connectivity index (χ3v) is 4.49. The Labute approximate surface area is 151 Å². The third-order valence-electron chi connectivity index (χ3n) is 4.49. The average Bonchev–Trinajstić information content (AvgIpc) is 2.85. The van der Waals surface area contributed by atoms with Gasteiger partial charge in [-0.05, 0) is 51.7 Å². The Morgan fingerprint density at radius 2 is 1.72 bits per heavy atom. The predicted octanol–water partition coefficient (Wildman–Crippen LogP) is 2.66. The number of rotatable bonds is 7. The predicted molar refractivity (Wildman–Crippen MR) is 104 cm³/mol. The number of nitrogens with zero attached hydrogens (tertiary/aromatic N) is 3. The molecule has 1 aromatic carbocycles. The minimum atomic E-state index is -0.0131. The first-order chi connectivity index (χ1) is 11.8. The Bertz CT molecular complexity index is 714. The molecule has 0 saturated heterocycles. The molecular weight excluding hydrogens is 312 g/mol. The molecule has 0 bridgehead atoms. The molecule has 0 saturated carbocycles. The van der Waals surface area contributed by atoms with Crippen LogP contribution in [-0.2, 0) is 13.1 Å². The maximum Gasteiger partial charge on any atom is 0.253 e. The maximum absolute atomic E-state index is 12.6. The summed E-state index contributed by atoms with van der Waals surface area (Å²) in [7, 11) is 8.15. The van der Waals surface area contributed by atoms with Gasteiger partial charge in [0, 0.05) is 50.8 Å². The first-order valence-electron chi connectivity index (χ1n) is 8.65. The first-order valence-corrected chi connectivity index (χ1v) is 8.65. The van der Waals surface area contributed by atoms with E-state index >= 15 is 0 Å². The number of nitrogens with one attached hydrogen (secondary N) is 1. The van der Waals surface area contributed by atoms with Crippen molar-refractivity contribution in [3.8, 4) is 0 Å². The van der Waals surface area contributed by atoms with E-state index in [9.17, 15) is 4.79 Å². The number of benzene rings is 1. The van der Waals surface area contributed by atoms with E-state index in [1.54, 1.807) is 0 Å². The van der Waals surface area contributed by atoms with Gasteiger partial charge in [-0.1, -0.05) is 12.1 Å². The largest absolute Gasteiger partial charge is 0.378 e. The number of hydrogen-bond donors (Lipinski definition) is 1. The Morgan fingerprint density at radius 3 is 2.28 bits per heavy atom. The molecule has 1 aromatic heterocycles. The molecule has 25 heavy (non-hydrogen) atoms. The van der Waals surface area contributed by atoms with Gasteiger partial charge >= 0.3 is 0 Å². The van der Waals surface area contributed by atoms with Crippen molar-refractivity contribution in [1.29, 1.82) is 0 Å². The SMILES string of the molecule is Cc1cc(C(=O)NCc2ccc(N(C)C)cc2)c(C)n1CCN(C)C. The number of amides is 1. The fourth-order valence-electron chi connectivity index (χ4n) is 2.86. The Balaban J connectivity index is 2.02. The Morgan fingerprint density at radius 1 is 1.08 bits per heavy atom. The summed E-state index contributed by atoms with van der Waals surface area (Å²) < 4.78 is 2.21. The smallest absolute Gasteiger partial charge is 0.253 e. The van der Waals surface area contributed by atoms with E-state index in [1.165, 1.54) is 0 Å². The Hall–Kier alpha value is -2.27. The number of hydrogen-bond acceptors (Lipinski definition) is 3. The molecule has 1 N–H and O–H groups in total. The van der Waals surface area contributed by atoms with Crippen molar-refractivity contribution in [1.82, 2.24) is 14.8 Å². The molecule has 0 atom stereocenters. The van der Waals surface area contributed by atoms with Gasteiger partial charge in [0.05, 0.1) is 5.56 Å². The fourth-order valence-corrected chi connectivity index (χ4v) is 2.86. The van der Waals surface area contributed by atoms with Crippen LogP contribution in [-0.4, -0.2) is 50.1 Å². The zero-order valence-electron chi connectivity index (χ0n) is 16.3. The summed E-state index contributed by atoms with van der Waals surface area (Å²) in [6.07, 6.45) is 0. The van der Waals surface area contributed by atoms with Gasteiger partial charge < -0.3 is 19.7 Å². The van der Waals surface area contributed by atoms with Crippen LogP contribution in [0.2, 0.25) is 0 Å². The Kier molecular flexibility index (Phi) is 6.26. The van der Waals surface area contributed by atoms with Gasteiger partial charge in [-0.3, -0.25) is 4.79 Å². The van der Waals surface area contributed by atoms with Gasteiger partial charge in [-0.15, -0.1) is 0 Å². The maximum atomic E-state index is 12.6. The van der Waals surface area contributed by atoms with Gasteiger partial charge in [-0.2, -0.15) is 0 Å². The van der Waals surface area contributed by atoms with Gasteiger partial charge in [0.2, 0.25) is 0 Å². The molecule has 1 heterocycles. The standard InChI is InChI=1S/C20H30N4O/c1-15-13-19(16(2)24(15)12-11-22(3)4)20(25)21-14-17-7-9-18(10-8-17)23(5)6/h7-10,13H,11-12,14H2,1-6H3,(H,21,25). The summed E-state index contributed by atoms with van der Waals surface area (Å²) >= 11 is 0. The van der Waals surface area contributed by atoms with Crippen molar-refractivity contribution in [3.05, 3.63) is 52.8 Å². The highest BCUT2D eigenvalue weighted by Crippen LogP contribution is 2.16. The number of aromatic nitrogens is 1. The second-order valence-electron chi connectivity index (χ2n) is 6.98. The number of anilines is 1. The molecule has 0 aliphatic rings. The minimum Gasteiger partial charge on any atom is -0.378 e. The van der Waals surface area contributed by atoms with Crippen LogP contribution in [0.5, 0.6) is 0 Å². The van der Waals surface area contributed by atoms with Crippen LogP contribution >= 0.6 is 0 Å². The highest BCUT2D eigenvalue weighted by Gasteiger charge is 2.15. The van der Waals surface area contributed by atoms with Crippen molar-refractivity contribution >= 4 is 11.6 Å². The van der Waals surface area contributed by atoms with E-state index in [4.69, 9.17) is 0 Å². The molecule has 0 unspecified atom stereocenters. The molecule has 1 amide bonds. The summed E-state index contributed by atoms with van der Waals surface area (Å²) in [5.74, 6) is -0.0131. The molecule has 136 valence electrons. The molecule has 0 aliphatic heterocycles. The molecule has 5 heteroatoms. The van der Waals surface area contributed by atoms with Gasteiger partial charge in [0.15, 0.2) is 0 Å². The summed E-state index contributed by atoms with van der Waals surface area (Å²) in [5, 5.41) is 3.03. The monoisotopic (exact) mass is 342 g/mol. The normalized spacial score (nSPS) is 11.0. The highest BCUT2D eigenvalue weighted by molar-refractivity contribution is 5.95. The molecule has 5 nitrogen and oxygen atoms in total. The lowest BCUT2D eigenvalue weighted by Crippen LogP contribution is -2.24. The second-order valence-corrected chi connectivity index (χ2v) is 6.98. The van der Waals surface area contributed by atoms with E-state index in [0.29, 0.717) is 6.54 Å².